The molecule has 0 aliphatic heterocycles. The zero-order valence-electron chi connectivity index (χ0n) is 8.17. The second-order valence-electron chi connectivity index (χ2n) is 2.77. The van der Waals surface area contributed by atoms with Crippen molar-refractivity contribution in [3.8, 4) is 18.1 Å². The van der Waals surface area contributed by atoms with Crippen LogP contribution in [0.4, 0.5) is 0 Å². The molecule has 0 aromatic heterocycles. The fourth-order valence-corrected chi connectivity index (χ4v) is 1.64. The summed E-state index contributed by atoms with van der Waals surface area (Å²) in [5, 5.41) is 3.03. The lowest BCUT2D eigenvalue weighted by Gasteiger charge is -2.14. The number of hydrogen-bond donors (Lipinski definition) is 1. The molecule has 74 valence electrons. The Hall–Kier alpha value is -0.980. The molecule has 1 N–H and O–H groups in total. The molecule has 1 unspecified atom stereocenters. The molecule has 3 heteroatoms. The maximum absolute atomic E-state index is 5.41. The third kappa shape index (κ3) is 2.28. The van der Waals surface area contributed by atoms with Crippen molar-refractivity contribution in [2.24, 2.45) is 0 Å². The van der Waals surface area contributed by atoms with Gasteiger partial charge in [0.2, 0.25) is 0 Å². The predicted molar refractivity (Wildman–Crippen MR) is 61.3 cm³/mol. The summed E-state index contributed by atoms with van der Waals surface area (Å²) in [6.45, 7) is 0. The predicted octanol–water partition coefficient (Wildman–Crippen LogP) is 2.35. The maximum Gasteiger partial charge on any atom is 0.124 e. The van der Waals surface area contributed by atoms with E-state index >= 15 is 0 Å². The highest BCUT2D eigenvalue weighted by atomic mass is 79.9. The molecule has 0 radical (unpaired) electrons. The van der Waals surface area contributed by atoms with Crippen molar-refractivity contribution in [3.05, 3.63) is 28.2 Å². The first-order chi connectivity index (χ1) is 6.72. The quantitative estimate of drug-likeness (QED) is 0.836. The molecule has 1 rings (SSSR count). The highest BCUT2D eigenvalue weighted by molar-refractivity contribution is 9.10. The second-order valence-corrected chi connectivity index (χ2v) is 3.69. The Bertz CT molecular complexity index is 357. The number of methoxy groups -OCH3 is 1. The van der Waals surface area contributed by atoms with Crippen molar-refractivity contribution < 1.29 is 4.74 Å². The van der Waals surface area contributed by atoms with E-state index in [4.69, 9.17) is 11.2 Å². The highest BCUT2D eigenvalue weighted by Crippen LogP contribution is 2.27. The summed E-state index contributed by atoms with van der Waals surface area (Å²) < 4.78 is 6.22. The molecule has 0 heterocycles. The van der Waals surface area contributed by atoms with Crippen LogP contribution in [0.5, 0.6) is 5.75 Å². The molecule has 1 aromatic carbocycles. The third-order valence-corrected chi connectivity index (χ3v) is 2.45. The van der Waals surface area contributed by atoms with Gasteiger partial charge in [-0.25, -0.2) is 0 Å². The van der Waals surface area contributed by atoms with Crippen LogP contribution in [-0.2, 0) is 0 Å². The van der Waals surface area contributed by atoms with Gasteiger partial charge in [0, 0.05) is 10.0 Å². The van der Waals surface area contributed by atoms with E-state index in [9.17, 15) is 0 Å². The van der Waals surface area contributed by atoms with Crippen LogP contribution in [0.25, 0.3) is 0 Å². The average Bonchev–Trinajstić information content (AvgIpc) is 2.20. The van der Waals surface area contributed by atoms with Crippen molar-refractivity contribution in [1.29, 1.82) is 0 Å². The van der Waals surface area contributed by atoms with Crippen molar-refractivity contribution in [2.45, 2.75) is 6.04 Å². The van der Waals surface area contributed by atoms with Crippen LogP contribution in [0.1, 0.15) is 11.6 Å². The van der Waals surface area contributed by atoms with Gasteiger partial charge in [-0.3, -0.25) is 0 Å². The van der Waals surface area contributed by atoms with Crippen LogP contribution in [-0.4, -0.2) is 14.2 Å². The average molecular weight is 254 g/mol. The lowest BCUT2D eigenvalue weighted by Crippen LogP contribution is -2.15. The van der Waals surface area contributed by atoms with Gasteiger partial charge in [0.1, 0.15) is 5.75 Å². The van der Waals surface area contributed by atoms with Crippen LogP contribution in [0, 0.1) is 12.3 Å². The number of rotatable bonds is 3. The molecular weight excluding hydrogens is 242 g/mol. The molecule has 0 bridgehead atoms. The normalized spacial score (nSPS) is 11.9. The van der Waals surface area contributed by atoms with E-state index in [0.717, 1.165) is 15.8 Å². The zero-order chi connectivity index (χ0) is 10.6. The summed E-state index contributed by atoms with van der Waals surface area (Å²) in [5.74, 6) is 3.45. The lowest BCUT2D eigenvalue weighted by molar-refractivity contribution is 0.406. The SMILES string of the molecule is C#CC(NC)c1cc(Br)ccc1OC. The number of hydrogen-bond acceptors (Lipinski definition) is 2. The summed E-state index contributed by atoms with van der Waals surface area (Å²) >= 11 is 3.40. The minimum Gasteiger partial charge on any atom is -0.496 e. The van der Waals surface area contributed by atoms with E-state index in [2.05, 4.69) is 27.2 Å². The van der Waals surface area contributed by atoms with Crippen LogP contribution < -0.4 is 10.1 Å². The smallest absolute Gasteiger partial charge is 0.124 e. The number of ether oxygens (including phenoxy) is 1. The molecule has 2 nitrogen and oxygen atoms in total. The first-order valence-corrected chi connectivity index (χ1v) is 4.99. The van der Waals surface area contributed by atoms with Crippen LogP contribution in [0.2, 0.25) is 0 Å². The van der Waals surface area contributed by atoms with E-state index < -0.39 is 0 Å². The van der Waals surface area contributed by atoms with E-state index in [1.165, 1.54) is 0 Å². The van der Waals surface area contributed by atoms with Crippen LogP contribution >= 0.6 is 15.9 Å². The molecule has 0 aliphatic rings. The van der Waals surface area contributed by atoms with Crippen molar-refractivity contribution >= 4 is 15.9 Å². The largest absolute Gasteiger partial charge is 0.496 e. The van der Waals surface area contributed by atoms with Gasteiger partial charge in [0.25, 0.3) is 0 Å². The third-order valence-electron chi connectivity index (χ3n) is 1.96. The summed E-state index contributed by atoms with van der Waals surface area (Å²) in [7, 11) is 3.46. The summed E-state index contributed by atoms with van der Waals surface area (Å²) in [4.78, 5) is 0. The van der Waals surface area contributed by atoms with Crippen molar-refractivity contribution in [1.82, 2.24) is 5.32 Å². The highest BCUT2D eigenvalue weighted by Gasteiger charge is 2.11. The van der Waals surface area contributed by atoms with Gasteiger partial charge in [0.05, 0.1) is 13.2 Å². The fourth-order valence-electron chi connectivity index (χ4n) is 1.26. The number of terminal acetylenes is 1. The van der Waals surface area contributed by atoms with Gasteiger partial charge in [0.15, 0.2) is 0 Å². The summed E-state index contributed by atoms with van der Waals surface area (Å²) in [6.07, 6.45) is 5.41. The molecule has 1 atom stereocenters. The van der Waals surface area contributed by atoms with Gasteiger partial charge in [-0.1, -0.05) is 21.9 Å². The molecule has 0 saturated heterocycles. The Morgan fingerprint density at radius 3 is 2.79 bits per heavy atom. The number of nitrogens with one attached hydrogen (secondary N) is 1. The van der Waals surface area contributed by atoms with Gasteiger partial charge in [-0.05, 0) is 25.2 Å². The van der Waals surface area contributed by atoms with Crippen LogP contribution in [0.3, 0.4) is 0 Å². The van der Waals surface area contributed by atoms with E-state index in [0.29, 0.717) is 0 Å². The fraction of sp³-hybridized carbons (Fsp3) is 0.273. The Balaban J connectivity index is 3.16. The molecule has 0 spiro atoms. The van der Waals surface area contributed by atoms with Crippen LogP contribution in [0.15, 0.2) is 22.7 Å². The summed E-state index contributed by atoms with van der Waals surface area (Å²) in [6, 6.07) is 5.65. The molecule has 1 aromatic rings. The maximum atomic E-state index is 5.41. The van der Waals surface area contributed by atoms with Gasteiger partial charge in [-0.15, -0.1) is 6.42 Å². The standard InChI is InChI=1S/C11H12BrNO/c1-4-10(13-2)9-7-8(12)5-6-11(9)14-3/h1,5-7,10,13H,2-3H3. The Kier molecular flexibility index (Phi) is 3.99. The first kappa shape index (κ1) is 11.1. The minimum absolute atomic E-state index is 0.123. The Morgan fingerprint density at radius 2 is 2.29 bits per heavy atom. The Labute approximate surface area is 92.8 Å². The second kappa shape index (κ2) is 5.04. The van der Waals surface area contributed by atoms with Gasteiger partial charge in [-0.2, -0.15) is 0 Å². The monoisotopic (exact) mass is 253 g/mol. The van der Waals surface area contributed by atoms with Gasteiger partial charge >= 0.3 is 0 Å². The molecular formula is C11H12BrNO. The van der Waals surface area contributed by atoms with E-state index in [1.807, 2.05) is 25.2 Å². The lowest BCUT2D eigenvalue weighted by atomic mass is 10.1. The molecule has 0 saturated carbocycles. The number of benzene rings is 1. The first-order valence-electron chi connectivity index (χ1n) is 4.19. The Morgan fingerprint density at radius 1 is 1.57 bits per heavy atom. The molecule has 14 heavy (non-hydrogen) atoms. The molecule has 0 aliphatic carbocycles. The van der Waals surface area contributed by atoms with E-state index in [1.54, 1.807) is 7.11 Å². The van der Waals surface area contributed by atoms with Crippen molar-refractivity contribution in [2.75, 3.05) is 14.2 Å². The topological polar surface area (TPSA) is 21.3 Å². The van der Waals surface area contributed by atoms with Gasteiger partial charge < -0.3 is 10.1 Å². The van der Waals surface area contributed by atoms with Crippen molar-refractivity contribution in [3.63, 3.8) is 0 Å². The zero-order valence-corrected chi connectivity index (χ0v) is 9.76. The summed E-state index contributed by atoms with van der Waals surface area (Å²) in [5.41, 5.74) is 0.965. The van der Waals surface area contributed by atoms with E-state index in [-0.39, 0.29) is 6.04 Å². The molecule has 0 amide bonds. The number of halogens is 1. The molecule has 0 fully saturated rings. The minimum atomic E-state index is -0.123.